The standard InChI is InChI=1S/C16H19N5/c1-11(2)14-10-15-16(18-8-9-21(15)20-14)19-12(3)13-4-6-17-7-5-13/h4-12H,1-3H3,(H,18,19). The second kappa shape index (κ2) is 5.52. The van der Waals surface area contributed by atoms with Crippen molar-refractivity contribution in [2.24, 2.45) is 0 Å². The van der Waals surface area contributed by atoms with Gasteiger partial charge in [-0.25, -0.2) is 9.50 Å². The molecule has 0 spiro atoms. The van der Waals surface area contributed by atoms with E-state index in [2.05, 4.69) is 47.2 Å². The van der Waals surface area contributed by atoms with Crippen molar-refractivity contribution in [2.75, 3.05) is 5.32 Å². The van der Waals surface area contributed by atoms with Gasteiger partial charge in [0.2, 0.25) is 0 Å². The summed E-state index contributed by atoms with van der Waals surface area (Å²) < 4.78 is 1.88. The van der Waals surface area contributed by atoms with Gasteiger partial charge in [-0.1, -0.05) is 13.8 Å². The summed E-state index contributed by atoms with van der Waals surface area (Å²) in [7, 11) is 0. The Bertz CT molecular complexity index is 733. The molecule has 0 fully saturated rings. The Kier molecular flexibility index (Phi) is 3.56. The van der Waals surface area contributed by atoms with Crippen molar-refractivity contribution in [3.8, 4) is 0 Å². The third kappa shape index (κ3) is 2.72. The predicted molar refractivity (Wildman–Crippen MR) is 83.4 cm³/mol. The molecule has 21 heavy (non-hydrogen) atoms. The van der Waals surface area contributed by atoms with Gasteiger partial charge in [0.1, 0.15) is 5.52 Å². The third-order valence-electron chi connectivity index (χ3n) is 3.56. The Balaban J connectivity index is 1.93. The minimum Gasteiger partial charge on any atom is -0.362 e. The fourth-order valence-corrected chi connectivity index (χ4v) is 2.27. The van der Waals surface area contributed by atoms with Gasteiger partial charge < -0.3 is 5.32 Å². The van der Waals surface area contributed by atoms with Crippen LogP contribution in [0.3, 0.4) is 0 Å². The van der Waals surface area contributed by atoms with Gasteiger partial charge in [0.25, 0.3) is 0 Å². The van der Waals surface area contributed by atoms with Crippen LogP contribution in [0.2, 0.25) is 0 Å². The predicted octanol–water partition coefficient (Wildman–Crippen LogP) is 3.42. The molecule has 0 aliphatic rings. The average Bonchev–Trinajstić information content (AvgIpc) is 2.93. The van der Waals surface area contributed by atoms with Crippen molar-refractivity contribution in [1.29, 1.82) is 0 Å². The summed E-state index contributed by atoms with van der Waals surface area (Å²) in [6, 6.07) is 6.27. The highest BCUT2D eigenvalue weighted by Crippen LogP contribution is 2.23. The molecule has 0 amide bonds. The fraction of sp³-hybridized carbons (Fsp3) is 0.312. The maximum atomic E-state index is 4.58. The number of anilines is 1. The van der Waals surface area contributed by atoms with E-state index in [-0.39, 0.29) is 6.04 Å². The zero-order chi connectivity index (χ0) is 14.8. The average molecular weight is 281 g/mol. The van der Waals surface area contributed by atoms with Gasteiger partial charge in [-0.3, -0.25) is 4.98 Å². The topological polar surface area (TPSA) is 55.1 Å². The van der Waals surface area contributed by atoms with Crippen LogP contribution < -0.4 is 5.32 Å². The SMILES string of the molecule is CC(C)c1cc2c(NC(C)c3ccncc3)nccn2n1. The van der Waals surface area contributed by atoms with E-state index in [9.17, 15) is 0 Å². The largest absolute Gasteiger partial charge is 0.362 e. The van der Waals surface area contributed by atoms with Crippen LogP contribution in [0.25, 0.3) is 5.52 Å². The minimum absolute atomic E-state index is 0.157. The van der Waals surface area contributed by atoms with Gasteiger partial charge >= 0.3 is 0 Å². The van der Waals surface area contributed by atoms with Crippen LogP contribution in [0.4, 0.5) is 5.82 Å². The molecule has 1 N–H and O–H groups in total. The van der Waals surface area contributed by atoms with E-state index in [0.717, 1.165) is 17.0 Å². The molecule has 5 nitrogen and oxygen atoms in total. The van der Waals surface area contributed by atoms with Crippen LogP contribution in [0.5, 0.6) is 0 Å². The van der Waals surface area contributed by atoms with Crippen LogP contribution in [-0.4, -0.2) is 19.6 Å². The van der Waals surface area contributed by atoms with Crippen LogP contribution in [-0.2, 0) is 0 Å². The molecule has 0 bridgehead atoms. The van der Waals surface area contributed by atoms with E-state index in [1.807, 2.05) is 22.8 Å². The first kappa shape index (κ1) is 13.5. The summed E-state index contributed by atoms with van der Waals surface area (Å²) in [6.07, 6.45) is 7.25. The van der Waals surface area contributed by atoms with Gasteiger partial charge in [-0.15, -0.1) is 0 Å². The number of pyridine rings is 1. The van der Waals surface area contributed by atoms with Crippen LogP contribution >= 0.6 is 0 Å². The smallest absolute Gasteiger partial charge is 0.152 e. The van der Waals surface area contributed by atoms with Crippen LogP contribution in [0, 0.1) is 0 Å². The number of rotatable bonds is 4. The van der Waals surface area contributed by atoms with Crippen molar-refractivity contribution in [1.82, 2.24) is 19.6 Å². The molecular weight excluding hydrogens is 262 g/mol. The monoisotopic (exact) mass is 281 g/mol. The first-order valence-corrected chi connectivity index (χ1v) is 7.16. The molecular formula is C16H19N5. The number of fused-ring (bicyclic) bond motifs is 1. The van der Waals surface area contributed by atoms with Crippen LogP contribution in [0.1, 0.15) is 44.0 Å². The summed E-state index contributed by atoms with van der Waals surface area (Å²) in [5.41, 5.74) is 3.25. The Morgan fingerprint density at radius 2 is 1.86 bits per heavy atom. The lowest BCUT2D eigenvalue weighted by atomic mass is 10.1. The van der Waals surface area contributed by atoms with Crippen molar-refractivity contribution in [2.45, 2.75) is 32.7 Å². The third-order valence-corrected chi connectivity index (χ3v) is 3.56. The second-order valence-electron chi connectivity index (χ2n) is 5.48. The Morgan fingerprint density at radius 3 is 2.57 bits per heavy atom. The quantitative estimate of drug-likeness (QED) is 0.796. The summed E-state index contributed by atoms with van der Waals surface area (Å²) >= 11 is 0. The van der Waals surface area contributed by atoms with Gasteiger partial charge in [0, 0.05) is 24.8 Å². The Morgan fingerprint density at radius 1 is 1.10 bits per heavy atom. The molecule has 3 rings (SSSR count). The second-order valence-corrected chi connectivity index (χ2v) is 5.48. The highest BCUT2D eigenvalue weighted by molar-refractivity contribution is 5.68. The van der Waals surface area contributed by atoms with E-state index in [1.165, 1.54) is 5.56 Å². The molecule has 0 saturated carbocycles. The first-order valence-electron chi connectivity index (χ1n) is 7.16. The molecule has 0 aliphatic heterocycles. The van der Waals surface area contributed by atoms with Crippen molar-refractivity contribution >= 4 is 11.3 Å². The zero-order valence-corrected chi connectivity index (χ0v) is 12.5. The highest BCUT2D eigenvalue weighted by Gasteiger charge is 2.12. The van der Waals surface area contributed by atoms with Gasteiger partial charge in [-0.2, -0.15) is 5.10 Å². The number of nitrogens with zero attached hydrogens (tertiary/aromatic N) is 4. The lowest BCUT2D eigenvalue weighted by molar-refractivity contribution is 0.786. The van der Waals surface area contributed by atoms with E-state index in [4.69, 9.17) is 0 Å². The molecule has 108 valence electrons. The van der Waals surface area contributed by atoms with E-state index in [0.29, 0.717) is 5.92 Å². The molecule has 1 unspecified atom stereocenters. The maximum Gasteiger partial charge on any atom is 0.152 e. The normalized spacial score (nSPS) is 12.8. The van der Waals surface area contributed by atoms with Crippen molar-refractivity contribution in [3.05, 3.63) is 54.2 Å². The number of nitrogens with one attached hydrogen (secondary N) is 1. The van der Waals surface area contributed by atoms with Crippen molar-refractivity contribution in [3.63, 3.8) is 0 Å². The van der Waals surface area contributed by atoms with E-state index in [1.54, 1.807) is 18.6 Å². The maximum absolute atomic E-state index is 4.58. The summed E-state index contributed by atoms with van der Waals surface area (Å²) in [5, 5.41) is 8.03. The lowest BCUT2D eigenvalue weighted by Gasteiger charge is -2.15. The lowest BCUT2D eigenvalue weighted by Crippen LogP contribution is -2.09. The van der Waals surface area contributed by atoms with Gasteiger partial charge in [0.15, 0.2) is 5.82 Å². The highest BCUT2D eigenvalue weighted by atomic mass is 15.2. The van der Waals surface area contributed by atoms with Gasteiger partial charge in [0.05, 0.1) is 11.7 Å². The molecule has 0 saturated heterocycles. The minimum atomic E-state index is 0.157. The van der Waals surface area contributed by atoms with Crippen LogP contribution in [0.15, 0.2) is 43.0 Å². The molecule has 3 heterocycles. The summed E-state index contributed by atoms with van der Waals surface area (Å²) in [6.45, 7) is 6.39. The number of hydrogen-bond acceptors (Lipinski definition) is 4. The molecule has 3 aromatic heterocycles. The molecule has 3 aromatic rings. The number of aromatic nitrogens is 4. The summed E-state index contributed by atoms with van der Waals surface area (Å²) in [5.74, 6) is 1.25. The zero-order valence-electron chi connectivity index (χ0n) is 12.5. The summed E-state index contributed by atoms with van der Waals surface area (Å²) in [4.78, 5) is 8.51. The fourth-order valence-electron chi connectivity index (χ4n) is 2.27. The van der Waals surface area contributed by atoms with E-state index < -0.39 is 0 Å². The molecule has 1 atom stereocenters. The van der Waals surface area contributed by atoms with Crippen molar-refractivity contribution < 1.29 is 0 Å². The first-order chi connectivity index (χ1) is 10.1. The Labute approximate surface area is 124 Å². The molecule has 0 aliphatic carbocycles. The number of hydrogen-bond donors (Lipinski definition) is 1. The molecule has 0 radical (unpaired) electrons. The molecule has 0 aromatic carbocycles. The molecule has 5 heteroatoms. The van der Waals surface area contributed by atoms with E-state index >= 15 is 0 Å². The Hall–Kier alpha value is -2.43. The van der Waals surface area contributed by atoms with Gasteiger partial charge in [-0.05, 0) is 36.6 Å².